The largest absolute Gasteiger partial charge is 0.368 e. The average Bonchev–Trinajstić information content (AvgIpc) is 2.34. The highest BCUT2D eigenvalue weighted by Gasteiger charge is 2.13. The van der Waals surface area contributed by atoms with Gasteiger partial charge in [0.1, 0.15) is 6.10 Å². The molecule has 0 radical (unpaired) electrons. The van der Waals surface area contributed by atoms with Crippen molar-refractivity contribution in [1.29, 1.82) is 0 Å². The quantitative estimate of drug-likeness (QED) is 0.818. The molecule has 94 valence electrons. The van der Waals surface area contributed by atoms with Crippen LogP contribution in [0.1, 0.15) is 26.5 Å². The normalized spacial score (nSPS) is 12.5. The summed E-state index contributed by atoms with van der Waals surface area (Å²) in [4.78, 5) is 15.8. The van der Waals surface area contributed by atoms with Crippen LogP contribution in [-0.4, -0.2) is 23.6 Å². The molecular weight excluding hydrogens is 216 g/mol. The Morgan fingerprint density at radius 3 is 2.76 bits per heavy atom. The van der Waals surface area contributed by atoms with Crippen LogP contribution in [0.2, 0.25) is 0 Å². The molecule has 0 aromatic carbocycles. The van der Waals surface area contributed by atoms with Gasteiger partial charge in [0.25, 0.3) is 0 Å². The van der Waals surface area contributed by atoms with Crippen LogP contribution < -0.4 is 5.32 Å². The number of rotatable bonds is 6. The van der Waals surface area contributed by atoms with E-state index in [2.05, 4.69) is 24.1 Å². The number of carbonyl (C=O) groups excluding carboxylic acids is 1. The summed E-state index contributed by atoms with van der Waals surface area (Å²) >= 11 is 0. The maximum atomic E-state index is 11.7. The maximum absolute atomic E-state index is 11.7. The van der Waals surface area contributed by atoms with Crippen molar-refractivity contribution in [2.75, 3.05) is 6.61 Å². The molecule has 0 spiro atoms. The summed E-state index contributed by atoms with van der Waals surface area (Å²) in [6.45, 7) is 6.90. The molecule has 0 bridgehead atoms. The lowest BCUT2D eigenvalue weighted by molar-refractivity contribution is -0.132. The summed E-state index contributed by atoms with van der Waals surface area (Å²) in [7, 11) is 0. The summed E-state index contributed by atoms with van der Waals surface area (Å²) in [6.07, 6.45) is 1.29. The van der Waals surface area contributed by atoms with Crippen molar-refractivity contribution in [3.63, 3.8) is 0 Å². The highest BCUT2D eigenvalue weighted by atomic mass is 16.5. The number of hydrogen-bond donors (Lipinski definition) is 1. The van der Waals surface area contributed by atoms with Crippen LogP contribution in [-0.2, 0) is 16.1 Å². The lowest BCUT2D eigenvalue weighted by Gasteiger charge is -2.14. The number of hydrogen-bond acceptors (Lipinski definition) is 3. The summed E-state index contributed by atoms with van der Waals surface area (Å²) < 4.78 is 5.42. The van der Waals surface area contributed by atoms with Crippen LogP contribution in [0.25, 0.3) is 0 Å². The standard InChI is InChI=1S/C13H20N2O2/c1-10(2)9-17-11(3)13(16)15-8-12-6-4-5-7-14-12/h4-7,10-11H,8-9H2,1-3H3,(H,15,16). The SMILES string of the molecule is CC(C)COC(C)C(=O)NCc1ccccn1. The van der Waals surface area contributed by atoms with Gasteiger partial charge in [-0.3, -0.25) is 9.78 Å². The lowest BCUT2D eigenvalue weighted by Crippen LogP contribution is -2.34. The first kappa shape index (κ1) is 13.6. The molecule has 0 saturated carbocycles. The fourth-order valence-corrected chi connectivity index (χ4v) is 1.24. The molecule has 1 unspecified atom stereocenters. The Hall–Kier alpha value is -1.42. The third kappa shape index (κ3) is 5.45. The van der Waals surface area contributed by atoms with Crippen molar-refractivity contribution in [2.24, 2.45) is 5.92 Å². The molecule has 1 aromatic rings. The van der Waals surface area contributed by atoms with E-state index in [1.54, 1.807) is 13.1 Å². The van der Waals surface area contributed by atoms with Gasteiger partial charge in [-0.25, -0.2) is 0 Å². The number of amides is 1. The average molecular weight is 236 g/mol. The molecule has 1 atom stereocenters. The Balaban J connectivity index is 2.29. The summed E-state index contributed by atoms with van der Waals surface area (Å²) in [5.41, 5.74) is 0.844. The minimum Gasteiger partial charge on any atom is -0.368 e. The highest BCUT2D eigenvalue weighted by Crippen LogP contribution is 1.99. The van der Waals surface area contributed by atoms with Crippen LogP contribution in [0.3, 0.4) is 0 Å². The lowest BCUT2D eigenvalue weighted by atomic mass is 10.2. The smallest absolute Gasteiger partial charge is 0.249 e. The summed E-state index contributed by atoms with van der Waals surface area (Å²) in [5, 5.41) is 2.80. The van der Waals surface area contributed by atoms with Crippen molar-refractivity contribution >= 4 is 5.91 Å². The van der Waals surface area contributed by atoms with E-state index in [4.69, 9.17) is 4.74 Å². The van der Waals surface area contributed by atoms with Gasteiger partial charge in [-0.05, 0) is 25.0 Å². The molecule has 4 nitrogen and oxygen atoms in total. The highest BCUT2D eigenvalue weighted by molar-refractivity contribution is 5.80. The molecule has 1 heterocycles. The zero-order chi connectivity index (χ0) is 12.7. The zero-order valence-electron chi connectivity index (χ0n) is 10.6. The summed E-state index contributed by atoms with van der Waals surface area (Å²) in [6, 6.07) is 5.62. The second-order valence-electron chi connectivity index (χ2n) is 4.41. The van der Waals surface area contributed by atoms with Crippen molar-refractivity contribution < 1.29 is 9.53 Å². The number of aromatic nitrogens is 1. The number of nitrogens with one attached hydrogen (secondary N) is 1. The Morgan fingerprint density at radius 1 is 1.41 bits per heavy atom. The predicted octanol–water partition coefficient (Wildman–Crippen LogP) is 1.76. The molecule has 1 rings (SSSR count). The predicted molar refractivity (Wildman–Crippen MR) is 66.3 cm³/mol. The van der Waals surface area contributed by atoms with E-state index < -0.39 is 6.10 Å². The van der Waals surface area contributed by atoms with E-state index in [0.717, 1.165) is 5.69 Å². The minimum absolute atomic E-state index is 0.101. The topological polar surface area (TPSA) is 51.2 Å². The van der Waals surface area contributed by atoms with Gasteiger partial charge in [0.2, 0.25) is 5.91 Å². The van der Waals surface area contributed by atoms with Crippen LogP contribution in [0.4, 0.5) is 0 Å². The first-order valence-electron chi connectivity index (χ1n) is 5.89. The molecule has 17 heavy (non-hydrogen) atoms. The van der Waals surface area contributed by atoms with Gasteiger partial charge in [-0.1, -0.05) is 19.9 Å². The van der Waals surface area contributed by atoms with Crippen molar-refractivity contribution in [3.05, 3.63) is 30.1 Å². The maximum Gasteiger partial charge on any atom is 0.249 e. The van der Waals surface area contributed by atoms with Gasteiger partial charge in [0.15, 0.2) is 0 Å². The molecule has 1 aromatic heterocycles. The van der Waals surface area contributed by atoms with Crippen LogP contribution in [0.5, 0.6) is 0 Å². The van der Waals surface area contributed by atoms with Gasteiger partial charge in [-0.15, -0.1) is 0 Å². The van der Waals surface area contributed by atoms with Crippen LogP contribution >= 0.6 is 0 Å². The van der Waals surface area contributed by atoms with E-state index in [-0.39, 0.29) is 5.91 Å². The molecule has 0 saturated heterocycles. The Labute approximate surface area is 102 Å². The van der Waals surface area contributed by atoms with E-state index >= 15 is 0 Å². The molecule has 0 aliphatic rings. The first-order chi connectivity index (χ1) is 8.09. The number of pyridine rings is 1. The number of nitrogens with zero attached hydrogens (tertiary/aromatic N) is 1. The van der Waals surface area contributed by atoms with Crippen LogP contribution in [0.15, 0.2) is 24.4 Å². The molecule has 1 N–H and O–H groups in total. The zero-order valence-corrected chi connectivity index (χ0v) is 10.6. The second-order valence-corrected chi connectivity index (χ2v) is 4.41. The van der Waals surface area contributed by atoms with Crippen molar-refractivity contribution in [2.45, 2.75) is 33.4 Å². The van der Waals surface area contributed by atoms with Gasteiger partial charge < -0.3 is 10.1 Å². The minimum atomic E-state index is -0.416. The summed E-state index contributed by atoms with van der Waals surface area (Å²) in [5.74, 6) is 0.331. The number of ether oxygens (including phenoxy) is 1. The first-order valence-corrected chi connectivity index (χ1v) is 5.89. The molecule has 4 heteroatoms. The van der Waals surface area contributed by atoms with Gasteiger partial charge in [-0.2, -0.15) is 0 Å². The van der Waals surface area contributed by atoms with Crippen LogP contribution in [0, 0.1) is 5.92 Å². The third-order valence-corrected chi connectivity index (χ3v) is 2.22. The van der Waals surface area contributed by atoms with Gasteiger partial charge in [0, 0.05) is 12.8 Å². The molecule has 0 fully saturated rings. The third-order valence-electron chi connectivity index (χ3n) is 2.22. The van der Waals surface area contributed by atoms with E-state index in [1.165, 1.54) is 0 Å². The molecule has 0 aliphatic carbocycles. The Bertz CT molecular complexity index is 339. The second kappa shape index (κ2) is 7.01. The van der Waals surface area contributed by atoms with Gasteiger partial charge >= 0.3 is 0 Å². The fraction of sp³-hybridized carbons (Fsp3) is 0.538. The fourth-order valence-electron chi connectivity index (χ4n) is 1.24. The molecular formula is C13H20N2O2. The number of carbonyl (C=O) groups is 1. The molecule has 0 aliphatic heterocycles. The monoisotopic (exact) mass is 236 g/mol. The molecule has 1 amide bonds. The van der Waals surface area contributed by atoms with E-state index in [0.29, 0.717) is 19.1 Å². The van der Waals surface area contributed by atoms with Gasteiger partial charge in [0.05, 0.1) is 12.2 Å². The Kier molecular flexibility index (Phi) is 5.63. The Morgan fingerprint density at radius 2 is 2.18 bits per heavy atom. The van der Waals surface area contributed by atoms with Crippen molar-refractivity contribution in [3.8, 4) is 0 Å². The van der Waals surface area contributed by atoms with E-state index in [1.807, 2.05) is 18.2 Å². The van der Waals surface area contributed by atoms with E-state index in [9.17, 15) is 4.79 Å². The van der Waals surface area contributed by atoms with Crippen molar-refractivity contribution in [1.82, 2.24) is 10.3 Å².